The molecule has 0 fully saturated rings. The van der Waals surface area contributed by atoms with Crippen molar-refractivity contribution in [2.24, 2.45) is 5.73 Å². The average molecular weight is 238 g/mol. The predicted octanol–water partition coefficient (Wildman–Crippen LogP) is 3.05. The van der Waals surface area contributed by atoms with Crippen LogP contribution in [0, 0.1) is 0 Å². The van der Waals surface area contributed by atoms with E-state index in [1.165, 1.54) is 11.3 Å². The zero-order valence-electron chi connectivity index (χ0n) is 8.34. The fourth-order valence-corrected chi connectivity index (χ4v) is 2.01. The molecular formula is C9H13F3N2S. The van der Waals surface area contributed by atoms with Gasteiger partial charge in [-0.2, -0.15) is 13.2 Å². The van der Waals surface area contributed by atoms with Crippen molar-refractivity contribution in [1.82, 2.24) is 4.98 Å². The van der Waals surface area contributed by atoms with Crippen LogP contribution in [0.1, 0.15) is 31.2 Å². The van der Waals surface area contributed by atoms with Gasteiger partial charge in [0.1, 0.15) is 5.01 Å². The molecular weight excluding hydrogens is 225 g/mol. The van der Waals surface area contributed by atoms with Crippen molar-refractivity contribution >= 4 is 11.3 Å². The lowest BCUT2D eigenvalue weighted by Gasteiger charge is -2.22. The minimum absolute atomic E-state index is 0.0378. The Morgan fingerprint density at radius 1 is 1.40 bits per heavy atom. The first-order valence-corrected chi connectivity index (χ1v) is 5.45. The van der Waals surface area contributed by atoms with Crippen molar-refractivity contribution in [1.29, 1.82) is 0 Å². The van der Waals surface area contributed by atoms with Crippen LogP contribution in [0.4, 0.5) is 13.2 Å². The molecule has 0 aliphatic rings. The van der Waals surface area contributed by atoms with Gasteiger partial charge in [0.05, 0.1) is 5.54 Å². The molecule has 0 bridgehead atoms. The molecule has 0 saturated carbocycles. The molecule has 1 atom stereocenters. The molecule has 0 aromatic carbocycles. The van der Waals surface area contributed by atoms with E-state index in [2.05, 4.69) is 4.98 Å². The van der Waals surface area contributed by atoms with Gasteiger partial charge in [0.2, 0.25) is 0 Å². The Kier molecular flexibility index (Phi) is 3.72. The first-order chi connectivity index (χ1) is 6.81. The molecule has 1 rings (SSSR count). The lowest BCUT2D eigenvalue weighted by atomic mass is 9.97. The Morgan fingerprint density at radius 2 is 2.07 bits per heavy atom. The zero-order chi connectivity index (χ0) is 11.5. The highest BCUT2D eigenvalue weighted by atomic mass is 32.1. The highest BCUT2D eigenvalue weighted by molar-refractivity contribution is 7.09. The number of alkyl halides is 3. The molecule has 6 heteroatoms. The van der Waals surface area contributed by atoms with Crippen molar-refractivity contribution in [2.45, 2.75) is 37.9 Å². The molecule has 0 aliphatic carbocycles. The number of hydrogen-bond donors (Lipinski definition) is 1. The number of nitrogens with two attached hydrogens (primary N) is 1. The van der Waals surface area contributed by atoms with Crippen molar-refractivity contribution in [3.05, 3.63) is 16.6 Å². The molecule has 15 heavy (non-hydrogen) atoms. The Balaban J connectivity index is 2.44. The van der Waals surface area contributed by atoms with E-state index in [0.29, 0.717) is 11.4 Å². The summed E-state index contributed by atoms with van der Waals surface area (Å²) in [5, 5.41) is 2.45. The maximum absolute atomic E-state index is 11.9. The van der Waals surface area contributed by atoms with Crippen molar-refractivity contribution < 1.29 is 13.2 Å². The Hall–Kier alpha value is -0.620. The van der Waals surface area contributed by atoms with E-state index >= 15 is 0 Å². The van der Waals surface area contributed by atoms with E-state index < -0.39 is 18.1 Å². The highest BCUT2D eigenvalue weighted by Gasteiger charge is 2.29. The topological polar surface area (TPSA) is 38.9 Å². The molecule has 1 unspecified atom stereocenters. The molecule has 0 aliphatic heterocycles. The second kappa shape index (κ2) is 4.49. The van der Waals surface area contributed by atoms with Crippen LogP contribution in [-0.2, 0) is 5.54 Å². The second-order valence-corrected chi connectivity index (χ2v) is 4.62. The zero-order valence-corrected chi connectivity index (χ0v) is 9.16. The summed E-state index contributed by atoms with van der Waals surface area (Å²) >= 11 is 1.37. The summed E-state index contributed by atoms with van der Waals surface area (Å²) in [4.78, 5) is 4.02. The van der Waals surface area contributed by atoms with Gasteiger partial charge in [-0.3, -0.25) is 0 Å². The van der Waals surface area contributed by atoms with Crippen LogP contribution in [0.5, 0.6) is 0 Å². The smallest absolute Gasteiger partial charge is 0.320 e. The minimum Gasteiger partial charge on any atom is -0.320 e. The second-order valence-electron chi connectivity index (χ2n) is 3.72. The number of thiazole rings is 1. The van der Waals surface area contributed by atoms with Gasteiger partial charge in [0.15, 0.2) is 0 Å². The molecule has 1 heterocycles. The van der Waals surface area contributed by atoms with Gasteiger partial charge in [0, 0.05) is 18.0 Å². The Bertz CT molecular complexity index is 293. The first-order valence-electron chi connectivity index (χ1n) is 4.57. The predicted molar refractivity (Wildman–Crippen MR) is 53.6 cm³/mol. The third kappa shape index (κ3) is 4.17. The average Bonchev–Trinajstić information content (AvgIpc) is 2.52. The third-order valence-electron chi connectivity index (χ3n) is 2.08. The molecule has 2 nitrogen and oxygen atoms in total. The maximum atomic E-state index is 11.9. The molecule has 0 radical (unpaired) electrons. The quantitative estimate of drug-likeness (QED) is 0.875. The van der Waals surface area contributed by atoms with E-state index in [-0.39, 0.29) is 6.42 Å². The van der Waals surface area contributed by atoms with Crippen LogP contribution in [0.15, 0.2) is 11.6 Å². The van der Waals surface area contributed by atoms with Crippen LogP contribution < -0.4 is 5.73 Å². The van der Waals surface area contributed by atoms with E-state index in [9.17, 15) is 13.2 Å². The lowest BCUT2D eigenvalue weighted by molar-refractivity contribution is -0.136. The summed E-state index contributed by atoms with van der Waals surface area (Å²) in [5.74, 6) is 0. The minimum atomic E-state index is -4.10. The van der Waals surface area contributed by atoms with Gasteiger partial charge in [-0.15, -0.1) is 11.3 Å². The Morgan fingerprint density at radius 3 is 2.53 bits per heavy atom. The summed E-state index contributed by atoms with van der Waals surface area (Å²) < 4.78 is 35.8. The number of aromatic nitrogens is 1. The molecule has 1 aromatic rings. The standard InChI is InChI=1S/C9H13F3N2S/c1-8(13,7-14-5-6-15-7)3-2-4-9(10,11)12/h5-6H,2-4,13H2,1H3. The molecule has 0 saturated heterocycles. The van der Waals surface area contributed by atoms with Crippen LogP contribution in [0.3, 0.4) is 0 Å². The fraction of sp³-hybridized carbons (Fsp3) is 0.667. The van der Waals surface area contributed by atoms with Gasteiger partial charge in [-0.25, -0.2) is 4.98 Å². The number of halogens is 3. The first kappa shape index (κ1) is 12.4. The highest BCUT2D eigenvalue weighted by Crippen LogP contribution is 2.29. The van der Waals surface area contributed by atoms with Crippen LogP contribution in [-0.4, -0.2) is 11.2 Å². The molecule has 0 spiro atoms. The van der Waals surface area contributed by atoms with E-state index in [0.717, 1.165) is 0 Å². The van der Waals surface area contributed by atoms with Crippen molar-refractivity contribution in [2.75, 3.05) is 0 Å². The summed E-state index contributed by atoms with van der Waals surface area (Å²) in [6.45, 7) is 1.71. The van der Waals surface area contributed by atoms with Gasteiger partial charge in [-0.05, 0) is 19.8 Å². The molecule has 86 valence electrons. The van der Waals surface area contributed by atoms with Crippen LogP contribution in [0.2, 0.25) is 0 Å². The number of rotatable bonds is 4. The summed E-state index contributed by atoms with van der Waals surface area (Å²) in [5.41, 5.74) is 5.14. The van der Waals surface area contributed by atoms with Gasteiger partial charge < -0.3 is 5.73 Å². The number of hydrogen-bond acceptors (Lipinski definition) is 3. The number of nitrogens with zero attached hydrogens (tertiary/aromatic N) is 1. The van der Waals surface area contributed by atoms with Gasteiger partial charge in [-0.1, -0.05) is 0 Å². The maximum Gasteiger partial charge on any atom is 0.389 e. The van der Waals surface area contributed by atoms with E-state index in [4.69, 9.17) is 5.73 Å². The largest absolute Gasteiger partial charge is 0.389 e. The lowest BCUT2D eigenvalue weighted by Crippen LogP contribution is -2.33. The van der Waals surface area contributed by atoms with E-state index in [1.54, 1.807) is 18.5 Å². The monoisotopic (exact) mass is 238 g/mol. The summed E-state index contributed by atoms with van der Waals surface area (Å²) in [6.07, 6.45) is -2.95. The normalized spacial score (nSPS) is 16.3. The summed E-state index contributed by atoms with van der Waals surface area (Å²) in [6, 6.07) is 0. The Labute approximate surface area is 90.3 Å². The molecule has 2 N–H and O–H groups in total. The molecule has 0 amide bonds. The van der Waals surface area contributed by atoms with Crippen molar-refractivity contribution in [3.8, 4) is 0 Å². The SMILES string of the molecule is CC(N)(CCCC(F)(F)F)c1nccs1. The summed E-state index contributed by atoms with van der Waals surface area (Å²) in [7, 11) is 0. The van der Waals surface area contributed by atoms with E-state index in [1.807, 2.05) is 0 Å². The van der Waals surface area contributed by atoms with Gasteiger partial charge in [0.25, 0.3) is 0 Å². The fourth-order valence-electron chi connectivity index (χ4n) is 1.27. The third-order valence-corrected chi connectivity index (χ3v) is 3.13. The van der Waals surface area contributed by atoms with Crippen molar-refractivity contribution in [3.63, 3.8) is 0 Å². The van der Waals surface area contributed by atoms with Crippen LogP contribution in [0.25, 0.3) is 0 Å². The van der Waals surface area contributed by atoms with Gasteiger partial charge >= 0.3 is 6.18 Å². The van der Waals surface area contributed by atoms with Crippen LogP contribution >= 0.6 is 11.3 Å². The molecule has 1 aromatic heterocycles.